The number of hydrogen-bond acceptors (Lipinski definition) is 4. The number of nitrogens with zero attached hydrogens (tertiary/aromatic N) is 1. The van der Waals surface area contributed by atoms with Gasteiger partial charge in [0.05, 0.1) is 18.0 Å². The van der Waals surface area contributed by atoms with Crippen LogP contribution in [0, 0.1) is 0 Å². The van der Waals surface area contributed by atoms with Crippen molar-refractivity contribution in [2.24, 2.45) is 0 Å². The van der Waals surface area contributed by atoms with Crippen molar-refractivity contribution in [2.75, 3.05) is 10.6 Å². The molecule has 0 aliphatic heterocycles. The third-order valence-electron chi connectivity index (χ3n) is 2.54. The van der Waals surface area contributed by atoms with E-state index < -0.39 is 0 Å². The summed E-state index contributed by atoms with van der Waals surface area (Å²) >= 11 is 7.09. The number of carbonyl (C=O) groups excluding carboxylic acids is 2. The lowest BCUT2D eigenvalue weighted by Gasteiger charge is -2.06. The van der Waals surface area contributed by atoms with E-state index in [9.17, 15) is 9.59 Å². The summed E-state index contributed by atoms with van der Waals surface area (Å²) in [4.78, 5) is 27.0. The zero-order valence-electron chi connectivity index (χ0n) is 11.4. The van der Waals surface area contributed by atoms with Crippen LogP contribution in [0.1, 0.15) is 17.6 Å². The molecule has 0 aliphatic rings. The van der Waals surface area contributed by atoms with Crippen molar-refractivity contribution in [3.63, 3.8) is 0 Å². The molecule has 0 radical (unpaired) electrons. The summed E-state index contributed by atoms with van der Waals surface area (Å²) in [6.07, 6.45) is 0.217. The summed E-state index contributed by atoms with van der Waals surface area (Å²) < 4.78 is 0. The Morgan fingerprint density at radius 2 is 1.81 bits per heavy atom. The van der Waals surface area contributed by atoms with E-state index in [0.29, 0.717) is 17.3 Å². The summed E-state index contributed by atoms with van der Waals surface area (Å²) in [6.45, 7) is 1.44. The minimum absolute atomic E-state index is 0.134. The van der Waals surface area contributed by atoms with Crippen LogP contribution in [-0.4, -0.2) is 16.8 Å². The van der Waals surface area contributed by atoms with Crippen LogP contribution in [0.5, 0.6) is 0 Å². The molecular formula is C14H14ClN3O2S. The van der Waals surface area contributed by atoms with E-state index in [4.69, 9.17) is 11.6 Å². The second-order valence-corrected chi connectivity index (χ2v) is 5.56. The van der Waals surface area contributed by atoms with Crippen LogP contribution in [-0.2, 0) is 21.9 Å². The van der Waals surface area contributed by atoms with Crippen molar-refractivity contribution in [1.29, 1.82) is 0 Å². The van der Waals surface area contributed by atoms with Gasteiger partial charge < -0.3 is 10.6 Å². The van der Waals surface area contributed by atoms with Crippen molar-refractivity contribution in [1.82, 2.24) is 4.98 Å². The Hall–Kier alpha value is -1.92. The summed E-state index contributed by atoms with van der Waals surface area (Å²) in [5, 5.41) is 8.02. The smallest absolute Gasteiger partial charge is 0.231 e. The number of anilines is 2. The molecule has 2 N–H and O–H groups in total. The van der Waals surface area contributed by atoms with Crippen molar-refractivity contribution >= 4 is 46.1 Å². The van der Waals surface area contributed by atoms with Crippen molar-refractivity contribution in [3.05, 3.63) is 40.3 Å². The van der Waals surface area contributed by atoms with Gasteiger partial charge in [-0.15, -0.1) is 22.9 Å². The maximum absolute atomic E-state index is 11.9. The first kappa shape index (κ1) is 15.5. The van der Waals surface area contributed by atoms with Gasteiger partial charge in [-0.25, -0.2) is 4.98 Å². The molecule has 0 saturated carbocycles. The molecule has 2 rings (SSSR count). The molecule has 0 fully saturated rings. The molecule has 7 heteroatoms. The lowest BCUT2D eigenvalue weighted by atomic mass is 10.2. The van der Waals surface area contributed by atoms with Crippen LogP contribution in [0.3, 0.4) is 0 Å². The van der Waals surface area contributed by atoms with Gasteiger partial charge in [-0.3, -0.25) is 9.59 Å². The van der Waals surface area contributed by atoms with Gasteiger partial charge in [0.25, 0.3) is 0 Å². The SMILES string of the molecule is CC(=O)Nc1ccc(NC(=O)Cc2nc(CCl)cs2)cc1. The van der Waals surface area contributed by atoms with Gasteiger partial charge in [0.15, 0.2) is 0 Å². The zero-order valence-corrected chi connectivity index (χ0v) is 12.9. The number of halogens is 1. The van der Waals surface area contributed by atoms with Crippen LogP contribution in [0.25, 0.3) is 0 Å². The molecule has 5 nitrogen and oxygen atoms in total. The number of aromatic nitrogens is 1. The van der Waals surface area contributed by atoms with Gasteiger partial charge in [-0.1, -0.05) is 0 Å². The number of alkyl halides is 1. The molecule has 0 saturated heterocycles. The van der Waals surface area contributed by atoms with Crippen LogP contribution in [0.4, 0.5) is 11.4 Å². The fraction of sp³-hybridized carbons (Fsp3) is 0.214. The zero-order chi connectivity index (χ0) is 15.2. The molecule has 0 spiro atoms. The van der Waals surface area contributed by atoms with Crippen molar-refractivity contribution < 1.29 is 9.59 Å². The van der Waals surface area contributed by atoms with E-state index in [0.717, 1.165) is 10.7 Å². The number of thiazole rings is 1. The van der Waals surface area contributed by atoms with Gasteiger partial charge in [0.2, 0.25) is 11.8 Å². The van der Waals surface area contributed by atoms with Crippen LogP contribution in [0.2, 0.25) is 0 Å². The molecule has 2 amide bonds. The molecule has 0 bridgehead atoms. The van der Waals surface area contributed by atoms with Gasteiger partial charge in [0, 0.05) is 23.7 Å². The second kappa shape index (κ2) is 7.19. The maximum Gasteiger partial charge on any atom is 0.231 e. The molecule has 21 heavy (non-hydrogen) atoms. The standard InChI is InChI=1S/C14H14ClN3O2S/c1-9(19)16-10-2-4-11(5-3-10)17-13(20)6-14-18-12(7-15)8-21-14/h2-5,8H,6-7H2,1H3,(H,16,19)(H,17,20). The van der Waals surface area contributed by atoms with Crippen LogP contribution < -0.4 is 10.6 Å². The number of nitrogens with one attached hydrogen (secondary N) is 2. The highest BCUT2D eigenvalue weighted by Crippen LogP contribution is 2.15. The minimum Gasteiger partial charge on any atom is -0.326 e. The largest absolute Gasteiger partial charge is 0.326 e. The topological polar surface area (TPSA) is 71.1 Å². The average Bonchev–Trinajstić information content (AvgIpc) is 2.88. The molecule has 0 unspecified atom stereocenters. The highest BCUT2D eigenvalue weighted by Gasteiger charge is 2.08. The van der Waals surface area contributed by atoms with E-state index in [1.54, 1.807) is 24.3 Å². The minimum atomic E-state index is -0.141. The lowest BCUT2D eigenvalue weighted by molar-refractivity contribution is -0.116. The number of carbonyl (C=O) groups is 2. The van der Waals surface area contributed by atoms with E-state index >= 15 is 0 Å². The normalized spacial score (nSPS) is 10.2. The first-order chi connectivity index (χ1) is 10.1. The highest BCUT2D eigenvalue weighted by atomic mass is 35.5. The molecule has 1 aromatic carbocycles. The van der Waals surface area contributed by atoms with E-state index in [2.05, 4.69) is 15.6 Å². The third-order valence-corrected chi connectivity index (χ3v) is 3.71. The fourth-order valence-electron chi connectivity index (χ4n) is 1.67. The van der Waals surface area contributed by atoms with Gasteiger partial charge in [0.1, 0.15) is 5.01 Å². The molecule has 110 valence electrons. The first-order valence-corrected chi connectivity index (χ1v) is 7.65. The summed E-state index contributed by atoms with van der Waals surface area (Å²) in [7, 11) is 0. The van der Waals surface area contributed by atoms with E-state index in [1.807, 2.05) is 5.38 Å². The molecule has 2 aromatic rings. The van der Waals surface area contributed by atoms with E-state index in [-0.39, 0.29) is 18.2 Å². The Bertz CT molecular complexity index is 640. The highest BCUT2D eigenvalue weighted by molar-refractivity contribution is 7.09. The van der Waals surface area contributed by atoms with Crippen LogP contribution >= 0.6 is 22.9 Å². The third kappa shape index (κ3) is 4.84. The van der Waals surface area contributed by atoms with Crippen LogP contribution in [0.15, 0.2) is 29.6 Å². The monoisotopic (exact) mass is 323 g/mol. The molecular weight excluding hydrogens is 310 g/mol. The second-order valence-electron chi connectivity index (χ2n) is 4.35. The summed E-state index contributed by atoms with van der Waals surface area (Å²) in [5.41, 5.74) is 2.14. The lowest BCUT2D eigenvalue weighted by Crippen LogP contribution is -2.14. The first-order valence-electron chi connectivity index (χ1n) is 6.23. The Morgan fingerprint density at radius 3 is 2.33 bits per heavy atom. The Labute approximate surface area is 131 Å². The predicted octanol–water partition coefficient (Wildman–Crippen LogP) is 3.02. The Morgan fingerprint density at radius 1 is 1.19 bits per heavy atom. The number of rotatable bonds is 5. The Balaban J connectivity index is 1.91. The van der Waals surface area contributed by atoms with Gasteiger partial charge in [-0.05, 0) is 24.3 Å². The average molecular weight is 324 g/mol. The van der Waals surface area contributed by atoms with E-state index in [1.165, 1.54) is 18.3 Å². The number of benzene rings is 1. The number of amides is 2. The molecule has 1 aromatic heterocycles. The Kier molecular flexibility index (Phi) is 5.30. The van der Waals surface area contributed by atoms with Crippen molar-refractivity contribution in [3.8, 4) is 0 Å². The predicted molar refractivity (Wildman–Crippen MR) is 84.8 cm³/mol. The molecule has 0 aliphatic carbocycles. The summed E-state index contributed by atoms with van der Waals surface area (Å²) in [6, 6.07) is 6.92. The van der Waals surface area contributed by atoms with Gasteiger partial charge in [-0.2, -0.15) is 0 Å². The quantitative estimate of drug-likeness (QED) is 0.831. The van der Waals surface area contributed by atoms with Gasteiger partial charge >= 0.3 is 0 Å². The molecule has 1 heterocycles. The van der Waals surface area contributed by atoms with Crippen molar-refractivity contribution in [2.45, 2.75) is 19.2 Å². The molecule has 0 atom stereocenters. The fourth-order valence-corrected chi connectivity index (χ4v) is 2.70. The number of hydrogen-bond donors (Lipinski definition) is 2. The maximum atomic E-state index is 11.9. The summed E-state index contributed by atoms with van der Waals surface area (Å²) in [5.74, 6) is 0.0753.